The van der Waals surface area contributed by atoms with Crippen LogP contribution in [0.3, 0.4) is 0 Å². The summed E-state index contributed by atoms with van der Waals surface area (Å²) in [4.78, 5) is 2.45. The van der Waals surface area contributed by atoms with Gasteiger partial charge in [-0.2, -0.15) is 0 Å². The average molecular weight is 349 g/mol. The second kappa shape index (κ2) is 5.70. The first-order chi connectivity index (χ1) is 13.4. The number of hydrogen-bond acceptors (Lipinski definition) is 2. The van der Waals surface area contributed by atoms with Crippen LogP contribution in [0.4, 0.5) is 5.69 Å². The number of nitrogens with zero attached hydrogens (tertiary/aromatic N) is 1. The second-order valence-electron chi connectivity index (χ2n) is 7.30. The number of anilines is 1. The molecule has 1 saturated heterocycles. The Labute approximate surface area is 158 Å². The Kier molecular flexibility index (Phi) is 3.17. The quantitative estimate of drug-likeness (QED) is 0.429. The number of fused-ring (bicyclic) bond motifs is 3. The fraction of sp³-hybridized carbons (Fsp3) is 0.120. The molecule has 0 amide bonds. The second-order valence-corrected chi connectivity index (χ2v) is 7.30. The molecule has 0 unspecified atom stereocenters. The van der Waals surface area contributed by atoms with Gasteiger partial charge in [0.15, 0.2) is 6.23 Å². The van der Waals surface area contributed by atoms with Gasteiger partial charge in [-0.1, -0.05) is 84.9 Å². The maximum atomic E-state index is 6.74. The van der Waals surface area contributed by atoms with Gasteiger partial charge in [-0.3, -0.25) is 0 Å². The van der Waals surface area contributed by atoms with Crippen molar-refractivity contribution in [2.45, 2.75) is 18.4 Å². The third-order valence-corrected chi connectivity index (χ3v) is 5.85. The minimum atomic E-state index is -0.0905. The lowest BCUT2D eigenvalue weighted by Gasteiger charge is -2.30. The smallest absolute Gasteiger partial charge is 0.158 e. The number of ether oxygens (including phenoxy) is 1. The van der Waals surface area contributed by atoms with E-state index in [1.807, 2.05) is 0 Å². The van der Waals surface area contributed by atoms with E-state index in [0.29, 0.717) is 0 Å². The summed E-state index contributed by atoms with van der Waals surface area (Å²) < 4.78 is 6.74. The summed E-state index contributed by atoms with van der Waals surface area (Å²) in [6, 6.07) is 34.6. The molecule has 0 saturated carbocycles. The van der Waals surface area contributed by atoms with Crippen molar-refractivity contribution in [1.29, 1.82) is 0 Å². The molecule has 3 atom stereocenters. The van der Waals surface area contributed by atoms with Crippen molar-refractivity contribution in [3.8, 4) is 0 Å². The lowest BCUT2D eigenvalue weighted by atomic mass is 10.0. The molecular formula is C25H19NO. The van der Waals surface area contributed by atoms with Crippen LogP contribution in [0.1, 0.15) is 35.1 Å². The van der Waals surface area contributed by atoms with E-state index in [9.17, 15) is 0 Å². The van der Waals surface area contributed by atoms with Crippen molar-refractivity contribution < 1.29 is 4.74 Å². The van der Waals surface area contributed by atoms with Crippen LogP contribution >= 0.6 is 0 Å². The Hall–Kier alpha value is -3.10. The van der Waals surface area contributed by atoms with Gasteiger partial charge in [0.2, 0.25) is 0 Å². The Bertz CT molecular complexity index is 1120. The van der Waals surface area contributed by atoms with Gasteiger partial charge in [-0.05, 0) is 34.0 Å². The lowest BCUT2D eigenvalue weighted by molar-refractivity contribution is 0.0433. The third kappa shape index (κ3) is 2.11. The van der Waals surface area contributed by atoms with Crippen molar-refractivity contribution in [3.63, 3.8) is 0 Å². The molecule has 2 aliphatic rings. The number of benzene rings is 4. The van der Waals surface area contributed by atoms with Gasteiger partial charge in [-0.25, -0.2) is 0 Å². The minimum absolute atomic E-state index is 0.0523. The topological polar surface area (TPSA) is 12.5 Å². The van der Waals surface area contributed by atoms with E-state index in [-0.39, 0.29) is 18.4 Å². The van der Waals surface area contributed by atoms with Gasteiger partial charge in [0.05, 0.1) is 6.04 Å². The molecular weight excluding hydrogens is 330 g/mol. The van der Waals surface area contributed by atoms with E-state index < -0.39 is 0 Å². The van der Waals surface area contributed by atoms with Crippen LogP contribution in [0.15, 0.2) is 97.1 Å². The first kappa shape index (κ1) is 15.0. The molecule has 4 aromatic rings. The van der Waals surface area contributed by atoms with Crippen LogP contribution in [-0.2, 0) is 4.74 Å². The van der Waals surface area contributed by atoms with E-state index in [2.05, 4.69) is 102 Å². The van der Waals surface area contributed by atoms with E-state index >= 15 is 0 Å². The molecule has 2 heteroatoms. The first-order valence-electron chi connectivity index (χ1n) is 9.47. The van der Waals surface area contributed by atoms with Crippen molar-refractivity contribution in [2.24, 2.45) is 0 Å². The summed E-state index contributed by atoms with van der Waals surface area (Å²) in [7, 11) is 0. The van der Waals surface area contributed by atoms with Crippen LogP contribution < -0.4 is 4.90 Å². The molecule has 2 nitrogen and oxygen atoms in total. The highest BCUT2D eigenvalue weighted by Crippen LogP contribution is 2.58. The highest BCUT2D eigenvalue weighted by Gasteiger charge is 2.49. The molecule has 0 bridgehead atoms. The third-order valence-electron chi connectivity index (χ3n) is 5.85. The van der Waals surface area contributed by atoms with Crippen molar-refractivity contribution in [3.05, 3.63) is 114 Å². The highest BCUT2D eigenvalue weighted by molar-refractivity contribution is 5.93. The minimum Gasteiger partial charge on any atom is -0.344 e. The predicted molar refractivity (Wildman–Crippen MR) is 109 cm³/mol. The lowest BCUT2D eigenvalue weighted by Crippen LogP contribution is -2.26. The normalized spacial score (nSPS) is 23.0. The maximum absolute atomic E-state index is 6.74. The number of hydrogen-bond donors (Lipinski definition) is 0. The zero-order valence-corrected chi connectivity index (χ0v) is 14.8. The fourth-order valence-electron chi connectivity index (χ4n) is 4.76. The van der Waals surface area contributed by atoms with Gasteiger partial charge in [-0.15, -0.1) is 0 Å². The highest BCUT2D eigenvalue weighted by atomic mass is 16.5. The zero-order valence-electron chi connectivity index (χ0n) is 14.8. The summed E-state index contributed by atoms with van der Waals surface area (Å²) >= 11 is 0. The molecule has 0 radical (unpaired) electrons. The molecule has 1 fully saturated rings. The van der Waals surface area contributed by atoms with Crippen LogP contribution in [0.2, 0.25) is 0 Å². The van der Waals surface area contributed by atoms with E-state index in [0.717, 1.165) is 0 Å². The molecule has 1 aliphatic carbocycles. The van der Waals surface area contributed by atoms with Crippen LogP contribution in [0.5, 0.6) is 0 Å². The summed E-state index contributed by atoms with van der Waals surface area (Å²) in [6.45, 7) is 0. The monoisotopic (exact) mass is 349 g/mol. The van der Waals surface area contributed by atoms with Crippen molar-refractivity contribution in [1.82, 2.24) is 0 Å². The average Bonchev–Trinajstić information content (AvgIpc) is 3.27. The molecule has 0 aromatic heterocycles. The molecule has 6 rings (SSSR count). The largest absolute Gasteiger partial charge is 0.344 e. The number of rotatable bonds is 2. The van der Waals surface area contributed by atoms with Crippen molar-refractivity contribution >= 4 is 16.5 Å². The maximum Gasteiger partial charge on any atom is 0.158 e. The molecule has 4 aromatic carbocycles. The summed E-state index contributed by atoms with van der Waals surface area (Å²) in [5.74, 6) is 0. The fourth-order valence-corrected chi connectivity index (χ4v) is 4.76. The summed E-state index contributed by atoms with van der Waals surface area (Å²) in [6.07, 6.45) is -0.0382. The molecule has 0 N–H and O–H groups in total. The van der Waals surface area contributed by atoms with Gasteiger partial charge < -0.3 is 9.64 Å². The van der Waals surface area contributed by atoms with Crippen molar-refractivity contribution in [2.75, 3.05) is 4.90 Å². The summed E-state index contributed by atoms with van der Waals surface area (Å²) in [5, 5.41) is 2.66. The Morgan fingerprint density at radius 1 is 0.630 bits per heavy atom. The van der Waals surface area contributed by atoms with Gasteiger partial charge in [0, 0.05) is 11.3 Å². The van der Waals surface area contributed by atoms with Crippen LogP contribution in [0.25, 0.3) is 10.8 Å². The Morgan fingerprint density at radius 3 is 2.04 bits per heavy atom. The standard InChI is InChI=1S/C25H19NO/c1-3-9-18(10-4-1)25-26(19-13-5-2-6-14-19)23-20-15-7-11-17-12-8-16-21(22(17)20)24(23)27-25/h1-16,23-25H/t23-,24+,25-/m1/s1. The molecule has 27 heavy (non-hydrogen) atoms. The Balaban J connectivity index is 1.58. The first-order valence-corrected chi connectivity index (χ1v) is 9.47. The summed E-state index contributed by atoms with van der Waals surface area (Å²) in [5.41, 5.74) is 5.08. The molecule has 130 valence electrons. The van der Waals surface area contributed by atoms with Crippen LogP contribution in [0, 0.1) is 0 Å². The zero-order chi connectivity index (χ0) is 17.8. The predicted octanol–water partition coefficient (Wildman–Crippen LogP) is 6.17. The Morgan fingerprint density at radius 2 is 1.30 bits per heavy atom. The van der Waals surface area contributed by atoms with E-state index in [1.165, 1.54) is 33.2 Å². The molecule has 0 spiro atoms. The SMILES string of the molecule is c1ccc([C@H]2O[C@H]3c4cccc5cccc(c45)[C@H]3N2c2ccccc2)cc1. The van der Waals surface area contributed by atoms with Gasteiger partial charge in [0.1, 0.15) is 6.10 Å². The van der Waals surface area contributed by atoms with Gasteiger partial charge in [0.25, 0.3) is 0 Å². The van der Waals surface area contributed by atoms with Gasteiger partial charge >= 0.3 is 0 Å². The van der Waals surface area contributed by atoms with E-state index in [4.69, 9.17) is 4.74 Å². The molecule has 1 aliphatic heterocycles. The van der Waals surface area contributed by atoms with Crippen LogP contribution in [-0.4, -0.2) is 0 Å². The molecule has 1 heterocycles. The van der Waals surface area contributed by atoms with E-state index in [1.54, 1.807) is 0 Å². The number of para-hydroxylation sites is 1.